The van der Waals surface area contributed by atoms with Crippen molar-refractivity contribution in [2.45, 2.75) is 17.1 Å². The van der Waals surface area contributed by atoms with Crippen LogP contribution in [-0.2, 0) is 0 Å². The monoisotopic (exact) mass is 298 g/mol. The van der Waals surface area contributed by atoms with Crippen LogP contribution in [0.15, 0.2) is 68.7 Å². The van der Waals surface area contributed by atoms with Crippen LogP contribution in [0, 0.1) is 0 Å². The van der Waals surface area contributed by atoms with Gasteiger partial charge in [-0.25, -0.2) is 4.79 Å². The van der Waals surface area contributed by atoms with Gasteiger partial charge in [0.05, 0.1) is 10.9 Å². The lowest BCUT2D eigenvalue weighted by Crippen LogP contribution is -2.09. The summed E-state index contributed by atoms with van der Waals surface area (Å²) in [5.74, 6) is 0.0118. The number of para-hydroxylation sites is 1. The van der Waals surface area contributed by atoms with Crippen molar-refractivity contribution in [3.05, 3.63) is 70.6 Å². The van der Waals surface area contributed by atoms with Gasteiger partial charge in [0.25, 0.3) is 0 Å². The predicted octanol–water partition coefficient (Wildman–Crippen LogP) is 4.35. The molecule has 0 fully saturated rings. The van der Waals surface area contributed by atoms with E-state index in [1.54, 1.807) is 24.3 Å². The number of benzene rings is 2. The van der Waals surface area contributed by atoms with Gasteiger partial charge in [0, 0.05) is 10.1 Å². The molecule has 0 radical (unpaired) electrons. The number of aromatic hydroxyl groups is 1. The number of hydrogen-bond donors (Lipinski definition) is 1. The summed E-state index contributed by atoms with van der Waals surface area (Å²) < 4.78 is 5.30. The van der Waals surface area contributed by atoms with Gasteiger partial charge in [0.1, 0.15) is 11.3 Å². The molecule has 0 aliphatic carbocycles. The van der Waals surface area contributed by atoms with Crippen molar-refractivity contribution in [3.8, 4) is 5.75 Å². The van der Waals surface area contributed by atoms with Crippen LogP contribution in [0.5, 0.6) is 5.75 Å². The molecule has 106 valence electrons. The summed E-state index contributed by atoms with van der Waals surface area (Å²) in [6.07, 6.45) is 0. The Kier molecular flexibility index (Phi) is 3.71. The molecule has 4 heteroatoms. The first kappa shape index (κ1) is 13.8. The lowest BCUT2D eigenvalue weighted by atomic mass is 10.1. The summed E-state index contributed by atoms with van der Waals surface area (Å²) in [6.45, 7) is 1.89. The molecule has 21 heavy (non-hydrogen) atoms. The Morgan fingerprint density at radius 1 is 1.05 bits per heavy atom. The molecule has 1 N–H and O–H groups in total. The molecule has 1 heterocycles. The quantitative estimate of drug-likeness (QED) is 0.577. The molecule has 3 nitrogen and oxygen atoms in total. The highest BCUT2D eigenvalue weighted by Crippen LogP contribution is 2.39. The van der Waals surface area contributed by atoms with Crippen molar-refractivity contribution in [1.29, 1.82) is 0 Å². The first-order valence-corrected chi connectivity index (χ1v) is 7.51. The van der Waals surface area contributed by atoms with Crippen LogP contribution in [0.25, 0.3) is 11.0 Å². The molecule has 0 aliphatic rings. The van der Waals surface area contributed by atoms with Crippen LogP contribution in [0.1, 0.15) is 17.7 Å². The van der Waals surface area contributed by atoms with Crippen LogP contribution in [-0.4, -0.2) is 5.11 Å². The number of rotatable bonds is 3. The van der Waals surface area contributed by atoms with E-state index in [9.17, 15) is 9.90 Å². The van der Waals surface area contributed by atoms with E-state index in [0.29, 0.717) is 16.5 Å². The highest BCUT2D eigenvalue weighted by atomic mass is 32.2. The third kappa shape index (κ3) is 2.67. The highest BCUT2D eigenvalue weighted by Gasteiger charge is 2.20. The van der Waals surface area contributed by atoms with E-state index < -0.39 is 5.63 Å². The van der Waals surface area contributed by atoms with Crippen LogP contribution in [0.3, 0.4) is 0 Å². The van der Waals surface area contributed by atoms with E-state index in [1.807, 2.05) is 37.3 Å². The van der Waals surface area contributed by atoms with Crippen LogP contribution < -0.4 is 5.63 Å². The molecule has 3 aromatic rings. The summed E-state index contributed by atoms with van der Waals surface area (Å²) in [5, 5.41) is 10.8. The van der Waals surface area contributed by atoms with Gasteiger partial charge >= 0.3 is 5.63 Å². The molecule has 0 amide bonds. The first-order chi connectivity index (χ1) is 10.2. The van der Waals surface area contributed by atoms with Gasteiger partial charge in [-0.3, -0.25) is 0 Å². The summed E-state index contributed by atoms with van der Waals surface area (Å²) in [7, 11) is 0. The second kappa shape index (κ2) is 5.66. The zero-order valence-corrected chi connectivity index (χ0v) is 12.3. The van der Waals surface area contributed by atoms with E-state index in [1.165, 1.54) is 11.8 Å². The largest absolute Gasteiger partial charge is 0.507 e. The lowest BCUT2D eigenvalue weighted by Gasteiger charge is -2.13. The molecule has 0 bridgehead atoms. The molecule has 2 aromatic carbocycles. The summed E-state index contributed by atoms with van der Waals surface area (Å²) >= 11 is 1.51. The zero-order chi connectivity index (χ0) is 14.8. The Balaban J connectivity index is 2.05. The molecule has 0 saturated heterocycles. The Morgan fingerprint density at radius 2 is 1.71 bits per heavy atom. The topological polar surface area (TPSA) is 50.4 Å². The Morgan fingerprint density at radius 3 is 2.48 bits per heavy atom. The molecule has 0 saturated carbocycles. The fraction of sp³-hybridized carbons (Fsp3) is 0.118. The van der Waals surface area contributed by atoms with Gasteiger partial charge in [-0.05, 0) is 31.2 Å². The highest BCUT2D eigenvalue weighted by molar-refractivity contribution is 7.99. The smallest absolute Gasteiger partial charge is 0.344 e. The van der Waals surface area contributed by atoms with Gasteiger partial charge in [-0.1, -0.05) is 30.3 Å². The SMILES string of the molecule is CC(Sc1ccccc1)c1c(O)c2ccccc2oc1=O. The fourth-order valence-corrected chi connectivity index (χ4v) is 3.32. The van der Waals surface area contributed by atoms with Crippen molar-refractivity contribution in [3.63, 3.8) is 0 Å². The minimum Gasteiger partial charge on any atom is -0.507 e. The van der Waals surface area contributed by atoms with E-state index in [-0.39, 0.29) is 11.0 Å². The van der Waals surface area contributed by atoms with Gasteiger partial charge in [-0.15, -0.1) is 11.8 Å². The molecule has 1 unspecified atom stereocenters. The molecular weight excluding hydrogens is 284 g/mol. The van der Waals surface area contributed by atoms with Gasteiger partial charge in [0.15, 0.2) is 0 Å². The van der Waals surface area contributed by atoms with E-state index in [2.05, 4.69) is 0 Å². The Labute approximate surface area is 126 Å². The lowest BCUT2D eigenvalue weighted by molar-refractivity contribution is 0.457. The van der Waals surface area contributed by atoms with Crippen LogP contribution >= 0.6 is 11.8 Å². The number of fused-ring (bicyclic) bond motifs is 1. The summed E-state index contributed by atoms with van der Waals surface area (Å²) in [5.41, 5.74) is 0.227. The average Bonchev–Trinajstić information content (AvgIpc) is 2.48. The third-order valence-electron chi connectivity index (χ3n) is 3.28. The summed E-state index contributed by atoms with van der Waals surface area (Å²) in [4.78, 5) is 13.2. The molecule has 1 aromatic heterocycles. The van der Waals surface area contributed by atoms with Crippen molar-refractivity contribution in [2.24, 2.45) is 0 Å². The molecule has 0 spiro atoms. The first-order valence-electron chi connectivity index (χ1n) is 6.63. The second-order valence-corrected chi connectivity index (χ2v) is 6.14. The maximum Gasteiger partial charge on any atom is 0.344 e. The second-order valence-electron chi connectivity index (χ2n) is 4.72. The van der Waals surface area contributed by atoms with Gasteiger partial charge in [0.2, 0.25) is 0 Å². The van der Waals surface area contributed by atoms with E-state index in [4.69, 9.17) is 4.42 Å². The van der Waals surface area contributed by atoms with Gasteiger partial charge in [-0.2, -0.15) is 0 Å². The molecule has 0 aliphatic heterocycles. The molecular formula is C17H14O3S. The minimum absolute atomic E-state index is 0.0118. The number of hydrogen-bond acceptors (Lipinski definition) is 4. The maximum atomic E-state index is 12.1. The van der Waals surface area contributed by atoms with E-state index >= 15 is 0 Å². The molecule has 3 rings (SSSR count). The third-order valence-corrected chi connectivity index (χ3v) is 4.42. The van der Waals surface area contributed by atoms with Crippen LogP contribution in [0.2, 0.25) is 0 Å². The Bertz CT molecular complexity index is 824. The van der Waals surface area contributed by atoms with Gasteiger partial charge < -0.3 is 9.52 Å². The van der Waals surface area contributed by atoms with Crippen LogP contribution in [0.4, 0.5) is 0 Å². The minimum atomic E-state index is -0.484. The Hall–Kier alpha value is -2.20. The van der Waals surface area contributed by atoms with Crippen molar-refractivity contribution in [1.82, 2.24) is 0 Å². The maximum absolute atomic E-state index is 12.1. The zero-order valence-electron chi connectivity index (χ0n) is 11.4. The predicted molar refractivity (Wildman–Crippen MR) is 84.9 cm³/mol. The average molecular weight is 298 g/mol. The van der Waals surface area contributed by atoms with Crippen molar-refractivity contribution < 1.29 is 9.52 Å². The normalized spacial score (nSPS) is 12.4. The van der Waals surface area contributed by atoms with Crippen molar-refractivity contribution in [2.75, 3.05) is 0 Å². The fourth-order valence-electron chi connectivity index (χ4n) is 2.27. The molecule has 1 atom stereocenters. The number of thioether (sulfide) groups is 1. The standard InChI is InChI=1S/C17H14O3S/c1-11(21-12-7-3-2-4-8-12)15-16(18)13-9-5-6-10-14(13)20-17(15)19/h2-11,18H,1H3. The van der Waals surface area contributed by atoms with E-state index in [0.717, 1.165) is 4.90 Å². The summed E-state index contributed by atoms with van der Waals surface area (Å²) in [6, 6.07) is 16.8. The van der Waals surface area contributed by atoms with Crippen molar-refractivity contribution >= 4 is 22.7 Å².